The number of nitrogens with zero attached hydrogens (tertiary/aromatic N) is 4. The van der Waals surface area contributed by atoms with E-state index >= 15 is 0 Å². The third-order valence-electron chi connectivity index (χ3n) is 4.59. The van der Waals surface area contributed by atoms with Gasteiger partial charge in [-0.3, -0.25) is 4.68 Å². The van der Waals surface area contributed by atoms with Crippen LogP contribution >= 0.6 is 0 Å². The normalized spacial score (nSPS) is 11.4. The zero-order chi connectivity index (χ0) is 17.6. The van der Waals surface area contributed by atoms with Crippen molar-refractivity contribution in [3.63, 3.8) is 0 Å². The molecule has 0 amide bonds. The summed E-state index contributed by atoms with van der Waals surface area (Å²) < 4.78 is 4.25. The van der Waals surface area contributed by atoms with Crippen LogP contribution in [0, 0.1) is 27.7 Å². The highest BCUT2D eigenvalue weighted by molar-refractivity contribution is 5.67. The van der Waals surface area contributed by atoms with E-state index in [2.05, 4.69) is 83.6 Å². The highest BCUT2D eigenvalue weighted by Crippen LogP contribution is 2.26. The topological polar surface area (TPSA) is 35.1 Å². The fraction of sp³-hybridized carbons (Fsp3) is 0.238. The molecule has 4 heteroatoms. The Kier molecular flexibility index (Phi) is 3.68. The van der Waals surface area contributed by atoms with Gasteiger partial charge in [0.2, 0.25) is 0 Å². The molecule has 0 spiro atoms. The molecule has 4 aromatic rings. The fourth-order valence-corrected chi connectivity index (χ4v) is 3.27. The van der Waals surface area contributed by atoms with Gasteiger partial charge in [-0.2, -0.15) is 5.10 Å². The third-order valence-corrected chi connectivity index (χ3v) is 4.59. The van der Waals surface area contributed by atoms with Crippen LogP contribution in [-0.2, 0) is 6.54 Å². The van der Waals surface area contributed by atoms with Crippen molar-refractivity contribution in [3.05, 3.63) is 76.9 Å². The molecule has 0 saturated heterocycles. The Morgan fingerprint density at radius 1 is 0.880 bits per heavy atom. The first kappa shape index (κ1) is 15.6. The second kappa shape index (κ2) is 5.88. The SMILES string of the molecule is Cc1ccc(-c2nc3ccc(C)cn3c2Cn2nc(C)cc2C)cc1. The fourth-order valence-electron chi connectivity index (χ4n) is 3.27. The number of aromatic nitrogens is 4. The predicted octanol–water partition coefficient (Wildman–Crippen LogP) is 4.48. The number of aryl methyl sites for hydroxylation is 4. The molecule has 0 aliphatic rings. The summed E-state index contributed by atoms with van der Waals surface area (Å²) in [5.41, 5.74) is 8.97. The quantitative estimate of drug-likeness (QED) is 0.555. The van der Waals surface area contributed by atoms with Gasteiger partial charge in [-0.25, -0.2) is 4.98 Å². The molecule has 3 heterocycles. The van der Waals surface area contributed by atoms with Gasteiger partial charge < -0.3 is 4.40 Å². The van der Waals surface area contributed by atoms with E-state index in [4.69, 9.17) is 4.98 Å². The molecule has 0 saturated carbocycles. The first-order chi connectivity index (χ1) is 12.0. The Morgan fingerprint density at radius 2 is 1.60 bits per heavy atom. The average Bonchev–Trinajstić information content (AvgIpc) is 3.08. The highest BCUT2D eigenvalue weighted by atomic mass is 15.3. The van der Waals surface area contributed by atoms with Gasteiger partial charge in [0.05, 0.1) is 23.6 Å². The van der Waals surface area contributed by atoms with E-state index in [1.165, 1.54) is 11.1 Å². The Morgan fingerprint density at radius 3 is 2.28 bits per heavy atom. The Labute approximate surface area is 147 Å². The van der Waals surface area contributed by atoms with Gasteiger partial charge in [0.25, 0.3) is 0 Å². The van der Waals surface area contributed by atoms with Crippen LogP contribution in [0.1, 0.15) is 28.2 Å². The zero-order valence-electron chi connectivity index (χ0n) is 15.1. The number of pyridine rings is 1. The molecular formula is C21H22N4. The van der Waals surface area contributed by atoms with E-state index in [9.17, 15) is 0 Å². The third kappa shape index (κ3) is 2.84. The summed E-state index contributed by atoms with van der Waals surface area (Å²) in [4.78, 5) is 4.91. The van der Waals surface area contributed by atoms with E-state index in [0.717, 1.165) is 34.0 Å². The minimum absolute atomic E-state index is 0.702. The van der Waals surface area contributed by atoms with E-state index < -0.39 is 0 Å². The molecule has 4 nitrogen and oxygen atoms in total. The molecule has 1 aromatic carbocycles. The summed E-state index contributed by atoms with van der Waals surface area (Å²) in [5, 5.41) is 4.64. The number of hydrogen-bond donors (Lipinski definition) is 0. The molecule has 0 radical (unpaired) electrons. The van der Waals surface area contributed by atoms with E-state index in [0.29, 0.717) is 6.54 Å². The van der Waals surface area contributed by atoms with Crippen molar-refractivity contribution in [3.8, 4) is 11.3 Å². The second-order valence-electron chi connectivity index (χ2n) is 6.79. The second-order valence-corrected chi connectivity index (χ2v) is 6.79. The Hall–Kier alpha value is -2.88. The zero-order valence-corrected chi connectivity index (χ0v) is 15.1. The van der Waals surface area contributed by atoms with Gasteiger partial charge in [0.1, 0.15) is 5.65 Å². The molecule has 0 aliphatic carbocycles. The van der Waals surface area contributed by atoms with Gasteiger partial charge >= 0.3 is 0 Å². The van der Waals surface area contributed by atoms with E-state index in [1.54, 1.807) is 0 Å². The number of benzene rings is 1. The number of imidazole rings is 1. The summed E-state index contributed by atoms with van der Waals surface area (Å²) in [5.74, 6) is 0. The van der Waals surface area contributed by atoms with Crippen LogP contribution in [0.5, 0.6) is 0 Å². The van der Waals surface area contributed by atoms with Crippen molar-refractivity contribution < 1.29 is 0 Å². The standard InChI is InChI=1S/C21H22N4/c1-14-5-8-18(9-6-14)21-19(13-25-17(4)11-16(3)23-25)24-12-15(2)7-10-20(24)22-21/h5-12H,13H2,1-4H3. The van der Waals surface area contributed by atoms with E-state index in [1.807, 2.05) is 6.92 Å². The van der Waals surface area contributed by atoms with Crippen molar-refractivity contribution in [2.24, 2.45) is 0 Å². The predicted molar refractivity (Wildman–Crippen MR) is 101 cm³/mol. The summed E-state index contributed by atoms with van der Waals surface area (Å²) in [6.07, 6.45) is 2.15. The lowest BCUT2D eigenvalue weighted by Crippen LogP contribution is -2.07. The maximum absolute atomic E-state index is 4.91. The largest absolute Gasteiger partial charge is 0.301 e. The number of fused-ring (bicyclic) bond motifs is 1. The highest BCUT2D eigenvalue weighted by Gasteiger charge is 2.16. The molecule has 0 atom stereocenters. The first-order valence-electron chi connectivity index (χ1n) is 8.57. The number of rotatable bonds is 3. The van der Waals surface area contributed by atoms with Crippen molar-refractivity contribution in [2.75, 3.05) is 0 Å². The van der Waals surface area contributed by atoms with Gasteiger partial charge in [0, 0.05) is 17.5 Å². The molecule has 0 unspecified atom stereocenters. The molecule has 0 aliphatic heterocycles. The molecule has 3 aromatic heterocycles. The van der Waals surface area contributed by atoms with Crippen LogP contribution in [0.15, 0.2) is 48.7 Å². The van der Waals surface area contributed by atoms with Gasteiger partial charge in [0.15, 0.2) is 0 Å². The molecule has 0 N–H and O–H groups in total. The van der Waals surface area contributed by atoms with Crippen molar-refractivity contribution in [1.29, 1.82) is 0 Å². The maximum atomic E-state index is 4.91. The molecular weight excluding hydrogens is 308 g/mol. The summed E-state index contributed by atoms with van der Waals surface area (Å²) in [6, 6.07) is 14.9. The molecule has 0 bridgehead atoms. The summed E-state index contributed by atoms with van der Waals surface area (Å²) in [7, 11) is 0. The van der Waals surface area contributed by atoms with Crippen LogP contribution in [0.2, 0.25) is 0 Å². The van der Waals surface area contributed by atoms with E-state index in [-0.39, 0.29) is 0 Å². The molecule has 4 rings (SSSR count). The summed E-state index contributed by atoms with van der Waals surface area (Å²) in [6.45, 7) is 9.04. The average molecular weight is 330 g/mol. The Bertz CT molecular complexity index is 1050. The first-order valence-corrected chi connectivity index (χ1v) is 8.57. The maximum Gasteiger partial charge on any atom is 0.137 e. The molecule has 0 fully saturated rings. The van der Waals surface area contributed by atoms with Crippen molar-refractivity contribution in [1.82, 2.24) is 19.2 Å². The lowest BCUT2D eigenvalue weighted by atomic mass is 10.1. The smallest absolute Gasteiger partial charge is 0.137 e. The van der Waals surface area contributed by atoms with Crippen LogP contribution < -0.4 is 0 Å². The molecule has 25 heavy (non-hydrogen) atoms. The van der Waals surface area contributed by atoms with Crippen LogP contribution in [-0.4, -0.2) is 19.2 Å². The number of hydrogen-bond acceptors (Lipinski definition) is 2. The van der Waals surface area contributed by atoms with Crippen LogP contribution in [0.3, 0.4) is 0 Å². The summed E-state index contributed by atoms with van der Waals surface area (Å²) >= 11 is 0. The Balaban J connectivity index is 1.92. The monoisotopic (exact) mass is 330 g/mol. The van der Waals surface area contributed by atoms with Crippen LogP contribution in [0.25, 0.3) is 16.9 Å². The van der Waals surface area contributed by atoms with Crippen LogP contribution in [0.4, 0.5) is 0 Å². The van der Waals surface area contributed by atoms with Gasteiger partial charge in [-0.15, -0.1) is 0 Å². The molecule has 126 valence electrons. The minimum Gasteiger partial charge on any atom is -0.301 e. The lowest BCUT2D eigenvalue weighted by molar-refractivity contribution is 0.644. The van der Waals surface area contributed by atoms with Crippen molar-refractivity contribution in [2.45, 2.75) is 34.2 Å². The minimum atomic E-state index is 0.702. The van der Waals surface area contributed by atoms with Gasteiger partial charge in [-0.1, -0.05) is 35.9 Å². The van der Waals surface area contributed by atoms with Crippen molar-refractivity contribution >= 4 is 5.65 Å². The van der Waals surface area contributed by atoms with Gasteiger partial charge in [-0.05, 0) is 45.4 Å². The lowest BCUT2D eigenvalue weighted by Gasteiger charge is -2.08.